The lowest BCUT2D eigenvalue weighted by Crippen LogP contribution is -2.35. The average molecular weight is 246 g/mol. The number of hydrogen-bond donors (Lipinski definition) is 3. The van der Waals surface area contributed by atoms with Crippen molar-refractivity contribution in [2.75, 3.05) is 19.6 Å². The normalized spacial score (nSPS) is 12.2. The second-order valence-electron chi connectivity index (χ2n) is 5.40. The van der Waals surface area contributed by atoms with Gasteiger partial charge in [0.05, 0.1) is 11.0 Å². The van der Waals surface area contributed by atoms with Gasteiger partial charge in [0.15, 0.2) is 0 Å². The Balaban J connectivity index is 2.23. The molecule has 98 valence electrons. The number of hydrogen-bond acceptors (Lipinski definition) is 3. The average Bonchev–Trinajstić information content (AvgIpc) is 2.68. The van der Waals surface area contributed by atoms with Crippen LogP contribution in [0.1, 0.15) is 25.2 Å². The van der Waals surface area contributed by atoms with Crippen LogP contribution >= 0.6 is 0 Å². The summed E-state index contributed by atoms with van der Waals surface area (Å²) in [4.78, 5) is 7.71. The van der Waals surface area contributed by atoms with E-state index in [1.807, 2.05) is 6.92 Å². The zero-order valence-electron chi connectivity index (χ0n) is 11.4. The molecule has 0 bridgehead atoms. The van der Waals surface area contributed by atoms with Crippen LogP contribution < -0.4 is 11.1 Å². The van der Waals surface area contributed by atoms with Crippen molar-refractivity contribution >= 4 is 11.0 Å². The molecule has 1 aromatic carbocycles. The number of benzene rings is 1. The van der Waals surface area contributed by atoms with Crippen LogP contribution in [0.4, 0.5) is 0 Å². The Morgan fingerprint density at radius 3 is 2.89 bits per heavy atom. The fourth-order valence-corrected chi connectivity index (χ4v) is 2.16. The first-order chi connectivity index (χ1) is 8.53. The Morgan fingerprint density at radius 2 is 2.17 bits per heavy atom. The van der Waals surface area contributed by atoms with Crippen LogP contribution in [0.15, 0.2) is 18.2 Å². The van der Waals surface area contributed by atoms with Gasteiger partial charge in [0, 0.05) is 25.0 Å². The van der Waals surface area contributed by atoms with Crippen LogP contribution in [0.25, 0.3) is 11.0 Å². The molecule has 0 atom stereocenters. The quantitative estimate of drug-likeness (QED) is 0.703. The Hall–Kier alpha value is -1.39. The van der Waals surface area contributed by atoms with Gasteiger partial charge in [-0.2, -0.15) is 0 Å². The number of nitrogens with zero attached hydrogens (tertiary/aromatic N) is 1. The van der Waals surface area contributed by atoms with Gasteiger partial charge in [-0.25, -0.2) is 4.98 Å². The molecule has 0 saturated carbocycles. The van der Waals surface area contributed by atoms with Crippen molar-refractivity contribution in [2.24, 2.45) is 5.73 Å². The van der Waals surface area contributed by atoms with E-state index in [9.17, 15) is 0 Å². The van der Waals surface area contributed by atoms with Gasteiger partial charge in [-0.3, -0.25) is 0 Å². The number of imidazole rings is 1. The Morgan fingerprint density at radius 1 is 1.39 bits per heavy atom. The monoisotopic (exact) mass is 246 g/mol. The first-order valence-electron chi connectivity index (χ1n) is 6.40. The van der Waals surface area contributed by atoms with E-state index in [0.29, 0.717) is 6.54 Å². The van der Waals surface area contributed by atoms with Crippen molar-refractivity contribution in [3.63, 3.8) is 0 Å². The molecule has 0 aliphatic heterocycles. The fourth-order valence-electron chi connectivity index (χ4n) is 2.16. The summed E-state index contributed by atoms with van der Waals surface area (Å²) in [6.07, 6.45) is 0. The number of rotatable bonds is 5. The number of aromatic nitrogens is 2. The Labute approximate surface area is 108 Å². The molecule has 1 aromatic heterocycles. The van der Waals surface area contributed by atoms with Crippen LogP contribution in [0.5, 0.6) is 0 Å². The second kappa shape index (κ2) is 5.08. The van der Waals surface area contributed by atoms with Crippen molar-refractivity contribution in [3.05, 3.63) is 29.6 Å². The molecular weight excluding hydrogens is 224 g/mol. The minimum atomic E-state index is 0.0857. The summed E-state index contributed by atoms with van der Waals surface area (Å²) >= 11 is 0. The lowest BCUT2D eigenvalue weighted by molar-refractivity contribution is 0.474. The molecule has 2 rings (SSSR count). The van der Waals surface area contributed by atoms with E-state index in [2.05, 4.69) is 47.3 Å². The summed E-state index contributed by atoms with van der Waals surface area (Å²) in [5.74, 6) is 0.959. The molecule has 0 radical (unpaired) electrons. The van der Waals surface area contributed by atoms with Crippen molar-refractivity contribution in [1.29, 1.82) is 0 Å². The topological polar surface area (TPSA) is 66.7 Å². The molecule has 0 saturated heterocycles. The number of nitrogens with one attached hydrogen (secondary N) is 2. The summed E-state index contributed by atoms with van der Waals surface area (Å²) in [7, 11) is 0. The third-order valence-corrected chi connectivity index (χ3v) is 3.27. The maximum atomic E-state index is 5.50. The molecule has 0 spiro atoms. The van der Waals surface area contributed by atoms with Crippen LogP contribution in [0, 0.1) is 6.92 Å². The van der Waals surface area contributed by atoms with Crippen molar-refractivity contribution in [3.8, 4) is 0 Å². The third kappa shape index (κ3) is 2.71. The lowest BCUT2D eigenvalue weighted by atomic mass is 9.84. The zero-order chi connectivity index (χ0) is 13.2. The fraction of sp³-hybridized carbons (Fsp3) is 0.500. The maximum absolute atomic E-state index is 5.50. The summed E-state index contributed by atoms with van der Waals surface area (Å²) in [5, 5.41) is 3.38. The van der Waals surface area contributed by atoms with Crippen LogP contribution in [0.2, 0.25) is 0 Å². The molecule has 1 heterocycles. The van der Waals surface area contributed by atoms with Crippen molar-refractivity contribution < 1.29 is 0 Å². The number of aromatic amines is 1. The van der Waals surface area contributed by atoms with Gasteiger partial charge in [-0.1, -0.05) is 19.9 Å². The molecule has 2 aromatic rings. The zero-order valence-corrected chi connectivity index (χ0v) is 11.4. The SMILES string of the molecule is Cc1nc2ccc(C(C)(C)CNCCN)cc2[nH]1. The van der Waals surface area contributed by atoms with Crippen LogP contribution in [-0.4, -0.2) is 29.6 Å². The van der Waals surface area contributed by atoms with Gasteiger partial charge in [0.1, 0.15) is 5.82 Å². The largest absolute Gasteiger partial charge is 0.342 e. The molecular formula is C14H22N4. The van der Waals surface area contributed by atoms with Gasteiger partial charge in [-0.15, -0.1) is 0 Å². The second-order valence-corrected chi connectivity index (χ2v) is 5.40. The van der Waals surface area contributed by atoms with Crippen LogP contribution in [0.3, 0.4) is 0 Å². The molecule has 4 N–H and O–H groups in total. The smallest absolute Gasteiger partial charge is 0.104 e. The minimum Gasteiger partial charge on any atom is -0.342 e. The number of H-pyrrole nitrogens is 1. The lowest BCUT2D eigenvalue weighted by Gasteiger charge is -2.25. The Bertz CT molecular complexity index is 528. The van der Waals surface area contributed by atoms with E-state index in [4.69, 9.17) is 5.73 Å². The van der Waals surface area contributed by atoms with E-state index in [1.165, 1.54) is 5.56 Å². The van der Waals surface area contributed by atoms with E-state index in [1.54, 1.807) is 0 Å². The minimum absolute atomic E-state index is 0.0857. The highest BCUT2D eigenvalue weighted by atomic mass is 14.9. The molecule has 0 amide bonds. The van der Waals surface area contributed by atoms with Crippen LogP contribution in [-0.2, 0) is 5.41 Å². The molecule has 0 unspecified atom stereocenters. The van der Waals surface area contributed by atoms with E-state index < -0.39 is 0 Å². The molecule has 18 heavy (non-hydrogen) atoms. The van der Waals surface area contributed by atoms with Gasteiger partial charge in [0.2, 0.25) is 0 Å². The van der Waals surface area contributed by atoms with Gasteiger partial charge in [-0.05, 0) is 24.6 Å². The highest BCUT2D eigenvalue weighted by Crippen LogP contribution is 2.25. The standard InChI is InChI=1S/C14H22N4/c1-10-17-12-5-4-11(8-13(12)18-10)14(2,3)9-16-7-6-15/h4-5,8,16H,6-7,9,15H2,1-3H3,(H,17,18). The molecule has 0 aliphatic rings. The summed E-state index contributed by atoms with van der Waals surface area (Å²) in [6.45, 7) is 8.90. The van der Waals surface area contributed by atoms with E-state index in [0.717, 1.165) is 29.9 Å². The Kier molecular flexibility index (Phi) is 3.68. The van der Waals surface area contributed by atoms with Gasteiger partial charge >= 0.3 is 0 Å². The molecule has 0 fully saturated rings. The number of nitrogens with two attached hydrogens (primary N) is 1. The maximum Gasteiger partial charge on any atom is 0.104 e. The van der Waals surface area contributed by atoms with Gasteiger partial charge in [0.25, 0.3) is 0 Å². The van der Waals surface area contributed by atoms with Gasteiger partial charge < -0.3 is 16.0 Å². The highest BCUT2D eigenvalue weighted by molar-refractivity contribution is 5.76. The summed E-state index contributed by atoms with van der Waals surface area (Å²) in [5.41, 5.74) is 9.03. The molecule has 4 heteroatoms. The predicted molar refractivity (Wildman–Crippen MR) is 75.8 cm³/mol. The number of fused-ring (bicyclic) bond motifs is 1. The predicted octanol–water partition coefficient (Wildman–Crippen LogP) is 1.70. The van der Waals surface area contributed by atoms with Crippen molar-refractivity contribution in [1.82, 2.24) is 15.3 Å². The first-order valence-corrected chi connectivity index (χ1v) is 6.40. The van der Waals surface area contributed by atoms with E-state index in [-0.39, 0.29) is 5.41 Å². The van der Waals surface area contributed by atoms with E-state index >= 15 is 0 Å². The first kappa shape index (κ1) is 13.1. The summed E-state index contributed by atoms with van der Waals surface area (Å²) in [6, 6.07) is 6.44. The molecule has 0 aliphatic carbocycles. The van der Waals surface area contributed by atoms with Crippen molar-refractivity contribution in [2.45, 2.75) is 26.2 Å². The highest BCUT2D eigenvalue weighted by Gasteiger charge is 2.20. The number of aryl methyl sites for hydroxylation is 1. The summed E-state index contributed by atoms with van der Waals surface area (Å²) < 4.78 is 0. The third-order valence-electron chi connectivity index (χ3n) is 3.27. The molecule has 4 nitrogen and oxygen atoms in total.